The van der Waals surface area contributed by atoms with Crippen molar-refractivity contribution in [1.29, 1.82) is 0 Å². The molecule has 0 rings (SSSR count). The van der Waals surface area contributed by atoms with Crippen LogP contribution >= 0.6 is 0 Å². The molecule has 0 radical (unpaired) electrons. The molecule has 0 N–H and O–H groups in total. The number of methoxy groups -OCH3 is 2. The summed E-state index contributed by atoms with van der Waals surface area (Å²) >= 11 is 0. The number of carbonyl (C=O) groups is 2. The van der Waals surface area contributed by atoms with Crippen molar-refractivity contribution in [3.05, 3.63) is 0 Å². The molecule has 6 nitrogen and oxygen atoms in total. The fourth-order valence-corrected chi connectivity index (χ4v) is 1.19. The average molecular weight is 450 g/mol. The smallest absolute Gasteiger partial charge is 0.465 e. The van der Waals surface area contributed by atoms with E-state index < -0.39 is 48.2 Å². The van der Waals surface area contributed by atoms with E-state index in [0.29, 0.717) is 0 Å². The fourth-order valence-electron chi connectivity index (χ4n) is 1.19. The van der Waals surface area contributed by atoms with Crippen LogP contribution in [0, 0.1) is 0 Å². The Balaban J connectivity index is 6.58. The van der Waals surface area contributed by atoms with E-state index in [1.165, 1.54) is 0 Å². The molecular formula is C10H6F12O6. The first-order valence-electron chi connectivity index (χ1n) is 5.97. The molecular weight excluding hydrogens is 444 g/mol. The number of halogens is 12. The van der Waals surface area contributed by atoms with Gasteiger partial charge in [0, 0.05) is 0 Å². The van der Waals surface area contributed by atoms with E-state index in [1.54, 1.807) is 0 Å². The maximum Gasteiger partial charge on any atom is 0.478 e. The van der Waals surface area contributed by atoms with Gasteiger partial charge in [-0.3, -0.25) is 9.47 Å². The molecule has 18 heteroatoms. The van der Waals surface area contributed by atoms with Crippen LogP contribution < -0.4 is 0 Å². The zero-order valence-electron chi connectivity index (χ0n) is 13.0. The van der Waals surface area contributed by atoms with Crippen molar-refractivity contribution in [2.24, 2.45) is 0 Å². The normalized spacial score (nSPS) is 19.8. The number of ether oxygens (including phenoxy) is 4. The lowest BCUT2D eigenvalue weighted by molar-refractivity contribution is -0.529. The summed E-state index contributed by atoms with van der Waals surface area (Å²) in [5.74, 6) is -19.8. The van der Waals surface area contributed by atoms with E-state index in [1.807, 2.05) is 0 Å². The summed E-state index contributed by atoms with van der Waals surface area (Å²) in [5, 5.41) is 0. The number of carbonyl (C=O) groups excluding carboxylic acids is 2. The van der Waals surface area contributed by atoms with Gasteiger partial charge in [0.25, 0.3) is 0 Å². The van der Waals surface area contributed by atoms with Gasteiger partial charge in [-0.1, -0.05) is 0 Å². The quantitative estimate of drug-likeness (QED) is 0.352. The van der Waals surface area contributed by atoms with Gasteiger partial charge in [-0.2, -0.15) is 52.7 Å². The molecule has 0 amide bonds. The molecule has 0 saturated carbocycles. The van der Waals surface area contributed by atoms with E-state index in [2.05, 4.69) is 18.9 Å². The third-order valence-electron chi connectivity index (χ3n) is 2.51. The van der Waals surface area contributed by atoms with E-state index >= 15 is 0 Å². The van der Waals surface area contributed by atoms with Crippen molar-refractivity contribution in [1.82, 2.24) is 0 Å². The molecule has 0 spiro atoms. The summed E-state index contributed by atoms with van der Waals surface area (Å²) in [4.78, 5) is 21.6. The Kier molecular flexibility index (Phi) is 6.92. The Morgan fingerprint density at radius 1 is 0.536 bits per heavy atom. The molecule has 0 aromatic heterocycles. The monoisotopic (exact) mass is 450 g/mol. The molecule has 0 fully saturated rings. The van der Waals surface area contributed by atoms with Crippen LogP contribution in [0.5, 0.6) is 0 Å². The highest BCUT2D eigenvalue weighted by Crippen LogP contribution is 2.50. The van der Waals surface area contributed by atoms with Gasteiger partial charge in [-0.25, -0.2) is 9.59 Å². The first-order chi connectivity index (χ1) is 12.1. The van der Waals surface area contributed by atoms with Crippen LogP contribution in [0.25, 0.3) is 0 Å². The number of hydrogen-bond acceptors (Lipinski definition) is 6. The molecule has 0 aromatic rings. The molecule has 2 atom stereocenters. The van der Waals surface area contributed by atoms with Crippen molar-refractivity contribution >= 4 is 11.9 Å². The molecule has 0 aliphatic heterocycles. The van der Waals surface area contributed by atoms with Crippen LogP contribution in [0.1, 0.15) is 0 Å². The van der Waals surface area contributed by atoms with Crippen molar-refractivity contribution in [2.75, 3.05) is 14.2 Å². The van der Waals surface area contributed by atoms with Crippen LogP contribution in [-0.2, 0) is 28.5 Å². The zero-order valence-corrected chi connectivity index (χ0v) is 13.0. The predicted molar refractivity (Wildman–Crippen MR) is 55.9 cm³/mol. The predicted octanol–water partition coefficient (Wildman–Crippen LogP) is 3.01. The highest BCUT2D eigenvalue weighted by atomic mass is 19.4. The lowest BCUT2D eigenvalue weighted by Crippen LogP contribution is -2.65. The summed E-state index contributed by atoms with van der Waals surface area (Å²) in [7, 11) is -0.131. The number of hydrogen-bond donors (Lipinski definition) is 0. The highest BCUT2D eigenvalue weighted by Gasteiger charge is 2.79. The first-order valence-corrected chi connectivity index (χ1v) is 5.97. The second kappa shape index (κ2) is 7.45. The molecule has 0 saturated heterocycles. The Bertz CT molecular complexity index is 555. The minimum atomic E-state index is -7.24. The lowest BCUT2D eigenvalue weighted by atomic mass is 10.2. The summed E-state index contributed by atoms with van der Waals surface area (Å²) in [6, 6.07) is -7.01. The van der Waals surface area contributed by atoms with E-state index in [-0.39, 0.29) is 14.2 Å². The molecule has 2 unspecified atom stereocenters. The number of rotatable bonds is 6. The third-order valence-corrected chi connectivity index (χ3v) is 2.51. The van der Waals surface area contributed by atoms with Gasteiger partial charge in [-0.05, 0) is 0 Å². The minimum absolute atomic E-state index is 0.0657. The van der Waals surface area contributed by atoms with Crippen LogP contribution in [-0.4, -0.2) is 62.4 Å². The third kappa shape index (κ3) is 4.53. The Morgan fingerprint density at radius 2 is 0.786 bits per heavy atom. The lowest BCUT2D eigenvalue weighted by Gasteiger charge is -2.37. The Morgan fingerprint density at radius 3 is 0.929 bits per heavy atom. The SMILES string of the molecule is COC(=O)C(F)(OC(F)(OC(F)(C(=O)OC)C(F)(F)F)C(F)(F)F)C(F)(F)F. The van der Waals surface area contributed by atoms with Crippen LogP contribution in [0.4, 0.5) is 52.7 Å². The fraction of sp³-hybridized carbons (Fsp3) is 0.800. The molecule has 0 aliphatic carbocycles. The molecule has 28 heavy (non-hydrogen) atoms. The van der Waals surface area contributed by atoms with Gasteiger partial charge >= 0.3 is 48.2 Å². The largest absolute Gasteiger partial charge is 0.478 e. The van der Waals surface area contributed by atoms with E-state index in [0.717, 1.165) is 0 Å². The maximum absolute atomic E-state index is 13.9. The van der Waals surface area contributed by atoms with Crippen molar-refractivity contribution in [3.8, 4) is 0 Å². The second-order valence-electron chi connectivity index (χ2n) is 4.41. The van der Waals surface area contributed by atoms with Crippen LogP contribution in [0.3, 0.4) is 0 Å². The van der Waals surface area contributed by atoms with Gasteiger partial charge < -0.3 is 9.47 Å². The van der Waals surface area contributed by atoms with E-state index in [4.69, 9.17) is 0 Å². The summed E-state index contributed by atoms with van der Waals surface area (Å²) in [5.41, 5.74) is 0. The molecule has 0 aromatic carbocycles. The molecule has 0 aliphatic rings. The Labute approximate surface area is 145 Å². The van der Waals surface area contributed by atoms with Gasteiger partial charge in [0.05, 0.1) is 14.2 Å². The first kappa shape index (κ1) is 26.0. The standard InChI is InChI=1S/C10H6F12O6/c1-25-3(23)5(11,7(13,14)15)27-10(22,9(19,20)21)28-6(12,4(24)26-2)8(16,17)18/h1-2H3. The number of esters is 2. The van der Waals surface area contributed by atoms with Crippen molar-refractivity contribution in [2.45, 2.75) is 36.3 Å². The second-order valence-corrected chi connectivity index (χ2v) is 4.41. The Hall–Kier alpha value is -1.98. The topological polar surface area (TPSA) is 71.1 Å². The zero-order chi connectivity index (χ0) is 23.0. The summed E-state index contributed by atoms with van der Waals surface area (Å²) in [6.07, 6.45) is -21.1. The number of alkyl halides is 12. The van der Waals surface area contributed by atoms with Crippen LogP contribution in [0.2, 0.25) is 0 Å². The average Bonchev–Trinajstić information content (AvgIpc) is 2.49. The van der Waals surface area contributed by atoms with Gasteiger partial charge in [0.15, 0.2) is 0 Å². The molecule has 0 heterocycles. The van der Waals surface area contributed by atoms with Crippen LogP contribution in [0.15, 0.2) is 0 Å². The molecule has 166 valence electrons. The minimum Gasteiger partial charge on any atom is -0.465 e. The van der Waals surface area contributed by atoms with Gasteiger partial charge in [0.1, 0.15) is 0 Å². The highest BCUT2D eigenvalue weighted by molar-refractivity contribution is 5.79. The summed E-state index contributed by atoms with van der Waals surface area (Å²) < 4.78 is 165. The van der Waals surface area contributed by atoms with Crippen molar-refractivity contribution < 1.29 is 81.2 Å². The van der Waals surface area contributed by atoms with Crippen molar-refractivity contribution in [3.63, 3.8) is 0 Å². The van der Waals surface area contributed by atoms with Gasteiger partial charge in [0.2, 0.25) is 0 Å². The maximum atomic E-state index is 13.9. The molecule has 0 bridgehead atoms. The van der Waals surface area contributed by atoms with E-state index in [9.17, 15) is 62.3 Å². The van der Waals surface area contributed by atoms with Gasteiger partial charge in [-0.15, -0.1) is 0 Å². The summed E-state index contributed by atoms with van der Waals surface area (Å²) in [6.45, 7) is 0.